The molecule has 2 aliphatic rings. The molecule has 1 N–H and O–H groups in total. The van der Waals surface area contributed by atoms with Crippen LogP contribution in [0.2, 0.25) is 0 Å². The standard InChI is InChI=1S/C23H21FN2O4/c24-16-7-11-18(12-8-16)30-17-9-5-15(6-10-17)13-25-21(27)14-26-22(28)19-3-1-2-4-20(19)23(26)29/h1-2,5-12,19-20H,3-4,13-14H2,(H,25,27). The van der Waals surface area contributed by atoms with Crippen molar-refractivity contribution in [2.24, 2.45) is 11.8 Å². The quantitative estimate of drug-likeness (QED) is 0.588. The van der Waals surface area contributed by atoms with Gasteiger partial charge in [-0.2, -0.15) is 0 Å². The topological polar surface area (TPSA) is 75.7 Å². The molecule has 154 valence electrons. The summed E-state index contributed by atoms with van der Waals surface area (Å²) in [6, 6.07) is 12.8. The fourth-order valence-corrected chi connectivity index (χ4v) is 3.74. The second-order valence-electron chi connectivity index (χ2n) is 7.40. The lowest BCUT2D eigenvalue weighted by Gasteiger charge is -2.14. The Labute approximate surface area is 173 Å². The highest BCUT2D eigenvalue weighted by Gasteiger charge is 2.47. The molecule has 2 aromatic carbocycles. The van der Waals surface area contributed by atoms with Gasteiger partial charge in [-0.15, -0.1) is 0 Å². The molecule has 30 heavy (non-hydrogen) atoms. The maximum atomic E-state index is 12.9. The summed E-state index contributed by atoms with van der Waals surface area (Å²) in [4.78, 5) is 38.2. The molecular weight excluding hydrogens is 387 g/mol. The zero-order chi connectivity index (χ0) is 21.1. The van der Waals surface area contributed by atoms with Gasteiger partial charge in [0.25, 0.3) is 0 Å². The van der Waals surface area contributed by atoms with Gasteiger partial charge in [-0.3, -0.25) is 19.3 Å². The first-order valence-corrected chi connectivity index (χ1v) is 9.80. The molecule has 7 heteroatoms. The van der Waals surface area contributed by atoms with Crippen LogP contribution in [-0.2, 0) is 20.9 Å². The molecule has 0 radical (unpaired) electrons. The lowest BCUT2D eigenvalue weighted by molar-refractivity contribution is -0.143. The van der Waals surface area contributed by atoms with E-state index in [4.69, 9.17) is 4.74 Å². The average Bonchev–Trinajstić information content (AvgIpc) is 3.00. The van der Waals surface area contributed by atoms with Crippen molar-refractivity contribution in [1.82, 2.24) is 10.2 Å². The van der Waals surface area contributed by atoms with Crippen LogP contribution in [-0.4, -0.2) is 29.2 Å². The Bertz CT molecular complexity index is 959. The Morgan fingerprint density at radius 2 is 1.47 bits per heavy atom. The van der Waals surface area contributed by atoms with E-state index in [-0.39, 0.29) is 48.5 Å². The molecule has 2 unspecified atom stereocenters. The molecular formula is C23H21FN2O4. The Kier molecular flexibility index (Phi) is 5.61. The van der Waals surface area contributed by atoms with Gasteiger partial charge >= 0.3 is 0 Å². The van der Waals surface area contributed by atoms with Crippen LogP contribution in [0.1, 0.15) is 18.4 Å². The van der Waals surface area contributed by atoms with Crippen molar-refractivity contribution in [2.45, 2.75) is 19.4 Å². The summed E-state index contributed by atoms with van der Waals surface area (Å²) < 4.78 is 18.6. The molecule has 3 amide bonds. The number of ether oxygens (including phenoxy) is 1. The van der Waals surface area contributed by atoms with E-state index < -0.39 is 0 Å². The van der Waals surface area contributed by atoms with Gasteiger partial charge in [0, 0.05) is 6.54 Å². The lowest BCUT2D eigenvalue weighted by atomic mass is 9.85. The first-order chi connectivity index (χ1) is 14.5. The molecule has 1 aliphatic carbocycles. The van der Waals surface area contributed by atoms with E-state index in [1.54, 1.807) is 24.3 Å². The number of nitrogens with zero attached hydrogens (tertiary/aromatic N) is 1. The molecule has 0 bridgehead atoms. The van der Waals surface area contributed by atoms with Crippen molar-refractivity contribution in [1.29, 1.82) is 0 Å². The number of allylic oxidation sites excluding steroid dienone is 2. The average molecular weight is 408 g/mol. The summed E-state index contributed by atoms with van der Waals surface area (Å²) in [5.74, 6) is -0.781. The number of likely N-dealkylation sites (tertiary alicyclic amines) is 1. The number of benzene rings is 2. The maximum Gasteiger partial charge on any atom is 0.240 e. The van der Waals surface area contributed by atoms with Crippen LogP contribution >= 0.6 is 0 Å². The number of hydrogen-bond acceptors (Lipinski definition) is 4. The number of imide groups is 1. The van der Waals surface area contributed by atoms with E-state index in [2.05, 4.69) is 5.32 Å². The van der Waals surface area contributed by atoms with Gasteiger partial charge in [0.05, 0.1) is 11.8 Å². The molecule has 2 aromatic rings. The molecule has 1 heterocycles. The fourth-order valence-electron chi connectivity index (χ4n) is 3.74. The van der Waals surface area contributed by atoms with Crippen molar-refractivity contribution >= 4 is 17.7 Å². The van der Waals surface area contributed by atoms with Gasteiger partial charge in [-0.1, -0.05) is 24.3 Å². The first-order valence-electron chi connectivity index (χ1n) is 9.80. The number of halogens is 1. The highest BCUT2D eigenvalue weighted by atomic mass is 19.1. The van der Waals surface area contributed by atoms with E-state index in [0.29, 0.717) is 24.3 Å². The molecule has 0 saturated carbocycles. The third-order valence-corrected chi connectivity index (χ3v) is 5.36. The molecule has 1 aliphatic heterocycles. The monoisotopic (exact) mass is 408 g/mol. The molecule has 1 fully saturated rings. The van der Waals surface area contributed by atoms with E-state index in [9.17, 15) is 18.8 Å². The Morgan fingerprint density at radius 3 is 2.03 bits per heavy atom. The predicted molar refractivity (Wildman–Crippen MR) is 107 cm³/mol. The second-order valence-corrected chi connectivity index (χ2v) is 7.40. The fraction of sp³-hybridized carbons (Fsp3) is 0.261. The summed E-state index contributed by atoms with van der Waals surface area (Å²) in [6.45, 7) is 0.0106. The lowest BCUT2D eigenvalue weighted by Crippen LogP contribution is -2.40. The van der Waals surface area contributed by atoms with Gasteiger partial charge < -0.3 is 10.1 Å². The smallest absolute Gasteiger partial charge is 0.240 e. The third kappa shape index (κ3) is 4.25. The predicted octanol–water partition coefficient (Wildman–Crippen LogP) is 3.19. The SMILES string of the molecule is O=C(CN1C(=O)C2CC=CCC2C1=O)NCc1ccc(Oc2ccc(F)cc2)cc1. The van der Waals surface area contributed by atoms with Crippen LogP contribution in [0, 0.1) is 17.7 Å². The molecule has 0 spiro atoms. The van der Waals surface area contributed by atoms with Crippen LogP contribution in [0.5, 0.6) is 11.5 Å². The normalized spacial score (nSPS) is 20.2. The van der Waals surface area contributed by atoms with Crippen LogP contribution in [0.3, 0.4) is 0 Å². The number of fused-ring (bicyclic) bond motifs is 1. The third-order valence-electron chi connectivity index (χ3n) is 5.36. The number of carbonyl (C=O) groups excluding carboxylic acids is 3. The zero-order valence-electron chi connectivity index (χ0n) is 16.2. The minimum Gasteiger partial charge on any atom is -0.457 e. The minimum absolute atomic E-state index is 0.254. The van der Waals surface area contributed by atoms with E-state index >= 15 is 0 Å². The summed E-state index contributed by atoms with van der Waals surface area (Å²) in [6.07, 6.45) is 4.94. The largest absolute Gasteiger partial charge is 0.457 e. The molecule has 0 aromatic heterocycles. The van der Waals surface area contributed by atoms with Crippen molar-refractivity contribution in [2.75, 3.05) is 6.54 Å². The van der Waals surface area contributed by atoms with E-state index in [0.717, 1.165) is 10.5 Å². The number of nitrogens with one attached hydrogen (secondary N) is 1. The number of rotatable bonds is 6. The molecule has 1 saturated heterocycles. The summed E-state index contributed by atoms with van der Waals surface area (Å²) >= 11 is 0. The van der Waals surface area contributed by atoms with E-state index in [1.165, 1.54) is 24.3 Å². The van der Waals surface area contributed by atoms with Crippen LogP contribution in [0.15, 0.2) is 60.7 Å². The Morgan fingerprint density at radius 1 is 0.933 bits per heavy atom. The highest BCUT2D eigenvalue weighted by Crippen LogP contribution is 2.34. The summed E-state index contributed by atoms with van der Waals surface area (Å²) in [5.41, 5.74) is 0.840. The zero-order valence-corrected chi connectivity index (χ0v) is 16.2. The van der Waals surface area contributed by atoms with Crippen LogP contribution < -0.4 is 10.1 Å². The first kappa shape index (κ1) is 19.8. The maximum absolute atomic E-state index is 12.9. The molecule has 4 rings (SSSR count). The van der Waals surface area contributed by atoms with Crippen molar-refractivity contribution in [3.8, 4) is 11.5 Å². The second kappa shape index (κ2) is 8.49. The Hall–Kier alpha value is -3.48. The van der Waals surface area contributed by atoms with Crippen molar-refractivity contribution in [3.63, 3.8) is 0 Å². The molecule has 6 nitrogen and oxygen atoms in total. The Balaban J connectivity index is 1.28. The minimum atomic E-state index is -0.380. The van der Waals surface area contributed by atoms with Gasteiger partial charge in [0.2, 0.25) is 17.7 Å². The summed E-state index contributed by atoms with van der Waals surface area (Å²) in [7, 11) is 0. The van der Waals surface area contributed by atoms with Gasteiger partial charge in [0.15, 0.2) is 0 Å². The van der Waals surface area contributed by atoms with Crippen LogP contribution in [0.4, 0.5) is 4.39 Å². The van der Waals surface area contributed by atoms with Gasteiger partial charge in [-0.25, -0.2) is 4.39 Å². The van der Waals surface area contributed by atoms with Crippen molar-refractivity contribution in [3.05, 3.63) is 72.1 Å². The van der Waals surface area contributed by atoms with E-state index in [1.807, 2.05) is 12.2 Å². The van der Waals surface area contributed by atoms with Gasteiger partial charge in [0.1, 0.15) is 23.9 Å². The molecule has 2 atom stereocenters. The van der Waals surface area contributed by atoms with Crippen molar-refractivity contribution < 1.29 is 23.5 Å². The number of amides is 3. The van der Waals surface area contributed by atoms with Gasteiger partial charge in [-0.05, 0) is 54.8 Å². The summed E-state index contributed by atoms with van der Waals surface area (Å²) in [5, 5.41) is 2.74. The highest BCUT2D eigenvalue weighted by molar-refractivity contribution is 6.07. The number of hydrogen-bond donors (Lipinski definition) is 1. The van der Waals surface area contributed by atoms with Crippen LogP contribution in [0.25, 0.3) is 0 Å². The number of carbonyl (C=O) groups is 3.